The van der Waals surface area contributed by atoms with Gasteiger partial charge in [-0.15, -0.1) is 11.3 Å². The van der Waals surface area contributed by atoms with Crippen LogP contribution in [0, 0.1) is 13.8 Å². The van der Waals surface area contributed by atoms with Crippen LogP contribution in [0.25, 0.3) is 0 Å². The average Bonchev–Trinajstić information content (AvgIpc) is 2.78. The fourth-order valence-electron chi connectivity index (χ4n) is 2.05. The summed E-state index contributed by atoms with van der Waals surface area (Å²) < 4.78 is 10.9. The van der Waals surface area contributed by atoms with Crippen molar-refractivity contribution in [3.8, 4) is 11.5 Å². The van der Waals surface area contributed by atoms with Gasteiger partial charge in [0.25, 0.3) is 5.91 Å². The molecule has 104 valence electrons. The van der Waals surface area contributed by atoms with Gasteiger partial charge in [0, 0.05) is 11.8 Å². The van der Waals surface area contributed by atoms with Crippen LogP contribution in [0.2, 0.25) is 0 Å². The van der Waals surface area contributed by atoms with E-state index in [1.165, 1.54) is 11.3 Å². The summed E-state index contributed by atoms with van der Waals surface area (Å²) in [5.74, 6) is 1.22. The van der Waals surface area contributed by atoms with Crippen LogP contribution in [0.15, 0.2) is 18.2 Å². The second-order valence-corrected chi connectivity index (χ2v) is 5.66. The number of aryl methyl sites for hydroxylation is 2. The lowest BCUT2D eigenvalue weighted by atomic mass is 10.2. The van der Waals surface area contributed by atoms with Crippen LogP contribution in [0.1, 0.15) is 20.4 Å². The minimum atomic E-state index is -0.148. The number of nitrogens with zero attached hydrogens (tertiary/aromatic N) is 1. The molecule has 0 bridgehead atoms. The van der Waals surface area contributed by atoms with Crippen molar-refractivity contribution in [1.82, 2.24) is 4.98 Å². The Bertz CT molecular complexity index is 666. The third kappa shape index (κ3) is 2.46. The highest BCUT2D eigenvalue weighted by molar-refractivity contribution is 7.13. The Morgan fingerprint density at radius 2 is 2.00 bits per heavy atom. The number of carbonyl (C=O) groups is 1. The number of hydrogen-bond acceptors (Lipinski definition) is 5. The third-order valence-electron chi connectivity index (χ3n) is 2.91. The van der Waals surface area contributed by atoms with E-state index in [2.05, 4.69) is 10.3 Å². The Morgan fingerprint density at radius 1 is 1.25 bits per heavy atom. The van der Waals surface area contributed by atoms with Gasteiger partial charge in [-0.05, 0) is 26.0 Å². The Kier molecular flexibility index (Phi) is 3.31. The van der Waals surface area contributed by atoms with E-state index in [0.29, 0.717) is 35.3 Å². The number of carbonyl (C=O) groups excluding carboxylic acids is 1. The highest BCUT2D eigenvalue weighted by atomic mass is 32.1. The molecule has 2 heterocycles. The normalized spacial score (nSPS) is 13.1. The molecular weight excluding hydrogens is 276 g/mol. The van der Waals surface area contributed by atoms with Crippen LogP contribution in [0.3, 0.4) is 0 Å². The van der Waals surface area contributed by atoms with Gasteiger partial charge >= 0.3 is 0 Å². The topological polar surface area (TPSA) is 60.5 Å². The predicted octanol–water partition coefficient (Wildman–Crippen LogP) is 2.78. The second kappa shape index (κ2) is 5.13. The van der Waals surface area contributed by atoms with Gasteiger partial charge in [-0.25, -0.2) is 4.98 Å². The number of ether oxygens (including phenoxy) is 2. The number of nitrogens with one attached hydrogen (secondary N) is 1. The van der Waals surface area contributed by atoms with Crippen molar-refractivity contribution in [2.75, 3.05) is 18.5 Å². The number of rotatable bonds is 2. The summed E-state index contributed by atoms with van der Waals surface area (Å²) in [6, 6.07) is 5.37. The first-order chi connectivity index (χ1) is 9.63. The largest absolute Gasteiger partial charge is 0.486 e. The summed E-state index contributed by atoms with van der Waals surface area (Å²) in [5.41, 5.74) is 1.44. The van der Waals surface area contributed by atoms with Crippen molar-refractivity contribution in [1.29, 1.82) is 0 Å². The molecule has 0 fully saturated rings. The van der Waals surface area contributed by atoms with E-state index in [-0.39, 0.29) is 5.91 Å². The summed E-state index contributed by atoms with van der Waals surface area (Å²) >= 11 is 1.39. The minimum absolute atomic E-state index is 0.148. The number of aromatic nitrogens is 1. The standard InChI is InChI=1S/C14H14N2O3S/c1-8-13(20-9(2)15-8)14(17)16-10-3-4-11-12(7-10)19-6-5-18-11/h3-4,7H,5-6H2,1-2H3,(H,16,17). The summed E-state index contributed by atoms with van der Waals surface area (Å²) in [6.07, 6.45) is 0. The molecule has 0 aliphatic carbocycles. The lowest BCUT2D eigenvalue weighted by Crippen LogP contribution is -2.16. The highest BCUT2D eigenvalue weighted by Gasteiger charge is 2.16. The molecule has 1 N–H and O–H groups in total. The maximum absolute atomic E-state index is 12.2. The maximum Gasteiger partial charge on any atom is 0.267 e. The number of anilines is 1. The van der Waals surface area contributed by atoms with E-state index in [4.69, 9.17) is 9.47 Å². The van der Waals surface area contributed by atoms with E-state index in [0.717, 1.165) is 10.7 Å². The molecule has 0 saturated carbocycles. The first-order valence-corrected chi connectivity index (χ1v) is 7.10. The summed E-state index contributed by atoms with van der Waals surface area (Å²) in [5, 5.41) is 3.74. The molecule has 1 amide bonds. The zero-order valence-corrected chi connectivity index (χ0v) is 12.0. The molecule has 1 aliphatic rings. The molecule has 0 atom stereocenters. The van der Waals surface area contributed by atoms with E-state index in [1.54, 1.807) is 18.2 Å². The van der Waals surface area contributed by atoms with Gasteiger partial charge in [0.15, 0.2) is 11.5 Å². The van der Waals surface area contributed by atoms with E-state index in [1.807, 2.05) is 13.8 Å². The smallest absolute Gasteiger partial charge is 0.267 e. The monoisotopic (exact) mass is 290 g/mol. The number of fused-ring (bicyclic) bond motifs is 1. The number of thiazole rings is 1. The molecule has 2 aromatic rings. The Labute approximate surface area is 120 Å². The average molecular weight is 290 g/mol. The van der Waals surface area contributed by atoms with Crippen LogP contribution in [-0.2, 0) is 0 Å². The highest BCUT2D eigenvalue weighted by Crippen LogP contribution is 2.32. The molecule has 0 spiro atoms. The van der Waals surface area contributed by atoms with Crippen molar-refractivity contribution in [2.45, 2.75) is 13.8 Å². The number of benzene rings is 1. The molecule has 0 radical (unpaired) electrons. The van der Waals surface area contributed by atoms with Crippen molar-refractivity contribution < 1.29 is 14.3 Å². The summed E-state index contributed by atoms with van der Waals surface area (Å²) in [4.78, 5) is 17.1. The molecule has 1 aliphatic heterocycles. The fourth-order valence-corrected chi connectivity index (χ4v) is 2.87. The molecule has 1 aromatic carbocycles. The van der Waals surface area contributed by atoms with Gasteiger partial charge in [0.05, 0.1) is 10.7 Å². The van der Waals surface area contributed by atoms with Gasteiger partial charge in [0.1, 0.15) is 18.1 Å². The maximum atomic E-state index is 12.2. The molecule has 5 nitrogen and oxygen atoms in total. The zero-order valence-electron chi connectivity index (χ0n) is 11.2. The fraction of sp³-hybridized carbons (Fsp3) is 0.286. The molecule has 0 saturated heterocycles. The van der Waals surface area contributed by atoms with Gasteiger partial charge in [-0.2, -0.15) is 0 Å². The first-order valence-electron chi connectivity index (χ1n) is 6.28. The lowest BCUT2D eigenvalue weighted by Gasteiger charge is -2.18. The minimum Gasteiger partial charge on any atom is -0.486 e. The van der Waals surface area contributed by atoms with Crippen molar-refractivity contribution >= 4 is 22.9 Å². The molecule has 20 heavy (non-hydrogen) atoms. The predicted molar refractivity (Wildman–Crippen MR) is 77.0 cm³/mol. The molecular formula is C14H14N2O3S. The Hall–Kier alpha value is -2.08. The van der Waals surface area contributed by atoms with Crippen LogP contribution in [-0.4, -0.2) is 24.1 Å². The zero-order chi connectivity index (χ0) is 14.1. The van der Waals surface area contributed by atoms with E-state index < -0.39 is 0 Å². The van der Waals surface area contributed by atoms with Crippen molar-refractivity contribution in [3.63, 3.8) is 0 Å². The van der Waals surface area contributed by atoms with Gasteiger partial charge in [-0.3, -0.25) is 4.79 Å². The number of hydrogen-bond donors (Lipinski definition) is 1. The number of amides is 1. The van der Waals surface area contributed by atoms with E-state index >= 15 is 0 Å². The third-order valence-corrected chi connectivity index (χ3v) is 3.98. The molecule has 0 unspecified atom stereocenters. The van der Waals surface area contributed by atoms with Gasteiger partial charge < -0.3 is 14.8 Å². The second-order valence-electron chi connectivity index (χ2n) is 4.46. The van der Waals surface area contributed by atoms with Crippen molar-refractivity contribution in [2.24, 2.45) is 0 Å². The van der Waals surface area contributed by atoms with Crippen molar-refractivity contribution in [3.05, 3.63) is 33.8 Å². The van der Waals surface area contributed by atoms with E-state index in [9.17, 15) is 4.79 Å². The summed E-state index contributed by atoms with van der Waals surface area (Å²) in [6.45, 7) is 4.80. The van der Waals surface area contributed by atoms with Crippen LogP contribution >= 0.6 is 11.3 Å². The summed E-state index contributed by atoms with van der Waals surface area (Å²) in [7, 11) is 0. The van der Waals surface area contributed by atoms with Gasteiger partial charge in [-0.1, -0.05) is 0 Å². The molecule has 1 aromatic heterocycles. The Balaban J connectivity index is 1.81. The van der Waals surface area contributed by atoms with Crippen LogP contribution in [0.5, 0.6) is 11.5 Å². The lowest BCUT2D eigenvalue weighted by molar-refractivity contribution is 0.102. The SMILES string of the molecule is Cc1nc(C)c(C(=O)Nc2ccc3c(c2)OCCO3)s1. The van der Waals surface area contributed by atoms with Crippen LogP contribution in [0.4, 0.5) is 5.69 Å². The Morgan fingerprint density at radius 3 is 2.70 bits per heavy atom. The molecule has 3 rings (SSSR count). The quantitative estimate of drug-likeness (QED) is 0.924. The van der Waals surface area contributed by atoms with Crippen LogP contribution < -0.4 is 14.8 Å². The molecule has 6 heteroatoms. The first kappa shape index (κ1) is 12.9. The van der Waals surface area contributed by atoms with Gasteiger partial charge in [0.2, 0.25) is 0 Å².